The molecule has 0 bridgehead atoms. The lowest BCUT2D eigenvalue weighted by Gasteiger charge is -2.10. The molecule has 17 heavy (non-hydrogen) atoms. The standard InChI is InChI=1S/C16H17N/c1-10-9-17(4)16-12(3)14-8-6-5-7-13(14)11(2)15(10)16/h5-9H,1-4H3. The van der Waals surface area contributed by atoms with Gasteiger partial charge >= 0.3 is 0 Å². The van der Waals surface area contributed by atoms with Crippen LogP contribution in [0.5, 0.6) is 0 Å². The van der Waals surface area contributed by atoms with Crippen LogP contribution in [0.3, 0.4) is 0 Å². The molecule has 0 aliphatic carbocycles. The molecule has 3 rings (SSSR count). The summed E-state index contributed by atoms with van der Waals surface area (Å²) >= 11 is 0. The van der Waals surface area contributed by atoms with Gasteiger partial charge in [-0.1, -0.05) is 24.3 Å². The number of fused-ring (bicyclic) bond motifs is 2. The summed E-state index contributed by atoms with van der Waals surface area (Å²) in [6.45, 7) is 6.66. The van der Waals surface area contributed by atoms with Gasteiger partial charge in [0, 0.05) is 18.6 Å². The van der Waals surface area contributed by atoms with Crippen LogP contribution in [0.4, 0.5) is 0 Å². The van der Waals surface area contributed by atoms with Crippen molar-refractivity contribution in [2.24, 2.45) is 7.05 Å². The van der Waals surface area contributed by atoms with E-state index in [0.717, 1.165) is 0 Å². The zero-order valence-corrected chi connectivity index (χ0v) is 10.8. The summed E-state index contributed by atoms with van der Waals surface area (Å²) in [5.41, 5.74) is 5.53. The van der Waals surface area contributed by atoms with E-state index in [1.165, 1.54) is 38.4 Å². The maximum atomic E-state index is 2.25. The molecule has 0 aliphatic heterocycles. The molecule has 0 saturated heterocycles. The predicted molar refractivity (Wildman–Crippen MR) is 74.6 cm³/mol. The summed E-state index contributed by atoms with van der Waals surface area (Å²) in [6, 6.07) is 8.69. The number of aryl methyl sites for hydroxylation is 4. The number of hydrogen-bond acceptors (Lipinski definition) is 0. The second-order valence-electron chi connectivity index (χ2n) is 4.94. The fraction of sp³-hybridized carbons (Fsp3) is 0.250. The normalized spacial score (nSPS) is 11.5. The highest BCUT2D eigenvalue weighted by Gasteiger charge is 2.12. The Morgan fingerprint density at radius 2 is 1.47 bits per heavy atom. The summed E-state index contributed by atoms with van der Waals surface area (Å²) in [6.07, 6.45) is 2.23. The summed E-state index contributed by atoms with van der Waals surface area (Å²) < 4.78 is 2.25. The van der Waals surface area contributed by atoms with Gasteiger partial charge in [-0.15, -0.1) is 0 Å². The van der Waals surface area contributed by atoms with E-state index >= 15 is 0 Å². The average molecular weight is 223 g/mol. The molecule has 3 aromatic rings. The third kappa shape index (κ3) is 1.25. The van der Waals surface area contributed by atoms with Crippen LogP contribution in [0.2, 0.25) is 0 Å². The minimum Gasteiger partial charge on any atom is -0.350 e. The molecule has 1 nitrogen and oxygen atoms in total. The van der Waals surface area contributed by atoms with E-state index in [-0.39, 0.29) is 0 Å². The molecule has 86 valence electrons. The second kappa shape index (κ2) is 3.36. The first-order chi connectivity index (χ1) is 8.11. The maximum Gasteiger partial charge on any atom is 0.0519 e. The van der Waals surface area contributed by atoms with Crippen molar-refractivity contribution in [1.82, 2.24) is 4.57 Å². The maximum absolute atomic E-state index is 2.25. The molecule has 0 saturated carbocycles. The molecular formula is C16H17N. The smallest absolute Gasteiger partial charge is 0.0519 e. The lowest BCUT2D eigenvalue weighted by atomic mass is 9.96. The van der Waals surface area contributed by atoms with Gasteiger partial charge in [0.1, 0.15) is 0 Å². The molecule has 2 aromatic carbocycles. The molecule has 0 aliphatic rings. The molecule has 0 spiro atoms. The quantitative estimate of drug-likeness (QED) is 0.536. The zero-order valence-electron chi connectivity index (χ0n) is 10.8. The van der Waals surface area contributed by atoms with Crippen molar-refractivity contribution in [1.29, 1.82) is 0 Å². The van der Waals surface area contributed by atoms with E-state index in [1.807, 2.05) is 0 Å². The first-order valence-corrected chi connectivity index (χ1v) is 6.05. The van der Waals surface area contributed by atoms with E-state index in [2.05, 4.69) is 62.8 Å². The van der Waals surface area contributed by atoms with E-state index < -0.39 is 0 Å². The Hall–Kier alpha value is -1.76. The predicted octanol–water partition coefficient (Wildman–Crippen LogP) is 4.26. The highest BCUT2D eigenvalue weighted by molar-refractivity contribution is 6.05. The van der Waals surface area contributed by atoms with E-state index in [1.54, 1.807) is 0 Å². The molecule has 0 atom stereocenters. The lowest BCUT2D eigenvalue weighted by molar-refractivity contribution is 0.960. The van der Waals surface area contributed by atoms with Crippen LogP contribution in [0, 0.1) is 20.8 Å². The fourth-order valence-electron chi connectivity index (χ4n) is 3.11. The molecule has 0 unspecified atom stereocenters. The summed E-state index contributed by atoms with van der Waals surface area (Å²) in [7, 11) is 2.14. The molecule has 1 aromatic heterocycles. The monoisotopic (exact) mass is 223 g/mol. The number of nitrogens with zero attached hydrogens (tertiary/aromatic N) is 1. The Morgan fingerprint density at radius 1 is 0.882 bits per heavy atom. The van der Waals surface area contributed by atoms with E-state index in [0.29, 0.717) is 0 Å². The van der Waals surface area contributed by atoms with Crippen LogP contribution in [-0.4, -0.2) is 4.57 Å². The summed E-state index contributed by atoms with van der Waals surface area (Å²) in [4.78, 5) is 0. The average Bonchev–Trinajstić information content (AvgIpc) is 2.62. The number of rotatable bonds is 0. The molecule has 0 amide bonds. The van der Waals surface area contributed by atoms with Gasteiger partial charge in [-0.25, -0.2) is 0 Å². The van der Waals surface area contributed by atoms with Crippen LogP contribution in [0.25, 0.3) is 21.7 Å². The third-order valence-electron chi connectivity index (χ3n) is 3.84. The van der Waals surface area contributed by atoms with Crippen molar-refractivity contribution in [2.75, 3.05) is 0 Å². The Labute approximate surface area is 102 Å². The van der Waals surface area contributed by atoms with Gasteiger partial charge in [0.15, 0.2) is 0 Å². The summed E-state index contributed by atoms with van der Waals surface area (Å²) in [5.74, 6) is 0. The van der Waals surface area contributed by atoms with Crippen molar-refractivity contribution < 1.29 is 0 Å². The second-order valence-corrected chi connectivity index (χ2v) is 4.94. The molecular weight excluding hydrogens is 206 g/mol. The van der Waals surface area contributed by atoms with E-state index in [9.17, 15) is 0 Å². The number of hydrogen-bond donors (Lipinski definition) is 0. The minimum atomic E-state index is 1.37. The highest BCUT2D eigenvalue weighted by atomic mass is 14.9. The van der Waals surface area contributed by atoms with E-state index in [4.69, 9.17) is 0 Å². The van der Waals surface area contributed by atoms with Crippen LogP contribution in [-0.2, 0) is 7.05 Å². The van der Waals surface area contributed by atoms with Crippen molar-refractivity contribution in [3.63, 3.8) is 0 Å². The Morgan fingerprint density at radius 3 is 2.12 bits per heavy atom. The molecule has 1 heterocycles. The van der Waals surface area contributed by atoms with Gasteiger partial charge in [-0.3, -0.25) is 0 Å². The Bertz CT molecular complexity index is 671. The first-order valence-electron chi connectivity index (χ1n) is 6.05. The first kappa shape index (κ1) is 10.4. The molecule has 1 heteroatoms. The Balaban J connectivity index is 2.70. The van der Waals surface area contributed by atoms with Crippen molar-refractivity contribution in [3.8, 4) is 0 Å². The molecule has 0 N–H and O–H groups in total. The Kier molecular flexibility index (Phi) is 2.06. The van der Waals surface area contributed by atoms with Crippen LogP contribution in [0.1, 0.15) is 16.7 Å². The van der Waals surface area contributed by atoms with Crippen molar-refractivity contribution in [2.45, 2.75) is 20.8 Å². The lowest BCUT2D eigenvalue weighted by Crippen LogP contribution is -1.91. The van der Waals surface area contributed by atoms with Gasteiger partial charge in [-0.05, 0) is 48.2 Å². The van der Waals surface area contributed by atoms with Crippen LogP contribution >= 0.6 is 0 Å². The molecule has 0 fully saturated rings. The van der Waals surface area contributed by atoms with Gasteiger partial charge < -0.3 is 4.57 Å². The highest BCUT2D eigenvalue weighted by Crippen LogP contribution is 2.34. The fourth-order valence-corrected chi connectivity index (χ4v) is 3.11. The zero-order chi connectivity index (χ0) is 12.2. The van der Waals surface area contributed by atoms with Gasteiger partial charge in [0.2, 0.25) is 0 Å². The van der Waals surface area contributed by atoms with Crippen LogP contribution in [0.15, 0.2) is 30.5 Å². The van der Waals surface area contributed by atoms with Gasteiger partial charge in [0.05, 0.1) is 5.52 Å². The van der Waals surface area contributed by atoms with Crippen LogP contribution < -0.4 is 0 Å². The van der Waals surface area contributed by atoms with Gasteiger partial charge in [-0.2, -0.15) is 0 Å². The third-order valence-corrected chi connectivity index (χ3v) is 3.84. The largest absolute Gasteiger partial charge is 0.350 e. The minimum absolute atomic E-state index is 1.37. The van der Waals surface area contributed by atoms with Crippen molar-refractivity contribution >= 4 is 21.7 Å². The van der Waals surface area contributed by atoms with Crippen molar-refractivity contribution in [3.05, 3.63) is 47.2 Å². The number of aromatic nitrogens is 1. The SMILES string of the molecule is Cc1cn(C)c2c(C)c3ccccc3c(C)c12. The molecule has 0 radical (unpaired) electrons. The summed E-state index contributed by atoms with van der Waals surface area (Å²) in [5, 5.41) is 4.18. The topological polar surface area (TPSA) is 4.93 Å². The van der Waals surface area contributed by atoms with Gasteiger partial charge in [0.25, 0.3) is 0 Å². The number of benzene rings is 2.